The van der Waals surface area contributed by atoms with Crippen LogP contribution in [0.2, 0.25) is 0 Å². The molecule has 0 spiro atoms. The molecule has 4 rings (SSSR count). The van der Waals surface area contributed by atoms with Crippen molar-refractivity contribution in [3.8, 4) is 11.3 Å². The Balaban J connectivity index is 1.36. The van der Waals surface area contributed by atoms with E-state index in [0.717, 1.165) is 41.7 Å². The highest BCUT2D eigenvalue weighted by Gasteiger charge is 2.23. The predicted molar refractivity (Wildman–Crippen MR) is 94.7 cm³/mol. The predicted octanol–water partition coefficient (Wildman–Crippen LogP) is 2.56. The zero-order valence-electron chi connectivity index (χ0n) is 14.3. The number of carbonyl (C=O) groups is 1. The van der Waals surface area contributed by atoms with Gasteiger partial charge in [-0.25, -0.2) is 0 Å². The number of hydrogen-bond acceptors (Lipinski definition) is 3. The topological polar surface area (TPSA) is 66.8 Å². The summed E-state index contributed by atoms with van der Waals surface area (Å²) in [4.78, 5) is 17.8. The summed E-state index contributed by atoms with van der Waals surface area (Å²) in [6, 6.07) is 14.3. The second kappa shape index (κ2) is 6.55. The summed E-state index contributed by atoms with van der Waals surface area (Å²) in [7, 11) is 0. The molecule has 0 aliphatic carbocycles. The van der Waals surface area contributed by atoms with E-state index in [1.807, 2.05) is 30.0 Å². The smallest absolute Gasteiger partial charge is 0.223 e. The van der Waals surface area contributed by atoms with Gasteiger partial charge in [-0.3, -0.25) is 4.79 Å². The van der Waals surface area contributed by atoms with Crippen molar-refractivity contribution in [1.82, 2.24) is 24.6 Å². The molecule has 2 aromatic heterocycles. The van der Waals surface area contributed by atoms with Gasteiger partial charge in [-0.05, 0) is 31.0 Å². The van der Waals surface area contributed by atoms with E-state index in [0.29, 0.717) is 19.4 Å². The van der Waals surface area contributed by atoms with Gasteiger partial charge in [-0.15, -0.1) is 10.2 Å². The summed E-state index contributed by atoms with van der Waals surface area (Å²) in [5.41, 5.74) is 3.33. The molecule has 0 radical (unpaired) electrons. The van der Waals surface area contributed by atoms with Crippen molar-refractivity contribution in [2.24, 2.45) is 0 Å². The van der Waals surface area contributed by atoms with E-state index in [1.54, 1.807) is 0 Å². The first-order chi connectivity index (χ1) is 12.2. The van der Waals surface area contributed by atoms with E-state index < -0.39 is 0 Å². The molecule has 3 heterocycles. The maximum atomic E-state index is 12.5. The molecule has 0 saturated carbocycles. The van der Waals surface area contributed by atoms with Crippen molar-refractivity contribution in [3.63, 3.8) is 0 Å². The lowest BCUT2D eigenvalue weighted by Crippen LogP contribution is -2.38. The second-order valence-electron chi connectivity index (χ2n) is 6.39. The monoisotopic (exact) mass is 335 g/mol. The summed E-state index contributed by atoms with van der Waals surface area (Å²) in [6.45, 7) is 4.01. The highest BCUT2D eigenvalue weighted by atomic mass is 16.2. The maximum absolute atomic E-state index is 12.5. The molecule has 1 aliphatic rings. The van der Waals surface area contributed by atoms with Crippen LogP contribution in [0.25, 0.3) is 11.3 Å². The van der Waals surface area contributed by atoms with Gasteiger partial charge in [0.05, 0.1) is 6.54 Å². The number of carbonyl (C=O) groups excluding carboxylic acids is 1. The SMILES string of the molecule is Cc1nnc2n1CCN(C(=O)CCc1ccc(-c3ccccc3)[nH]1)C2. The number of rotatable bonds is 4. The van der Waals surface area contributed by atoms with Crippen LogP contribution in [0.5, 0.6) is 0 Å². The molecule has 1 N–H and O–H groups in total. The van der Waals surface area contributed by atoms with E-state index in [2.05, 4.69) is 44.0 Å². The van der Waals surface area contributed by atoms with Crippen molar-refractivity contribution >= 4 is 5.91 Å². The first-order valence-electron chi connectivity index (χ1n) is 8.60. The molecule has 1 aromatic carbocycles. The Bertz CT molecular complexity index is 880. The Labute approximate surface area is 146 Å². The third kappa shape index (κ3) is 3.20. The number of benzene rings is 1. The molecule has 0 bridgehead atoms. The van der Waals surface area contributed by atoms with Gasteiger partial charge < -0.3 is 14.5 Å². The van der Waals surface area contributed by atoms with Gasteiger partial charge in [0.1, 0.15) is 5.82 Å². The average Bonchev–Trinajstić information content (AvgIpc) is 3.27. The number of nitrogens with one attached hydrogen (secondary N) is 1. The molecular weight excluding hydrogens is 314 g/mol. The molecule has 25 heavy (non-hydrogen) atoms. The zero-order chi connectivity index (χ0) is 17.2. The lowest BCUT2D eigenvalue weighted by Gasteiger charge is -2.27. The van der Waals surface area contributed by atoms with Gasteiger partial charge in [0.2, 0.25) is 5.91 Å². The van der Waals surface area contributed by atoms with E-state index in [4.69, 9.17) is 0 Å². The van der Waals surface area contributed by atoms with Crippen molar-refractivity contribution in [1.29, 1.82) is 0 Å². The van der Waals surface area contributed by atoms with Crippen LogP contribution in [0.15, 0.2) is 42.5 Å². The van der Waals surface area contributed by atoms with Gasteiger partial charge in [0.15, 0.2) is 5.82 Å². The van der Waals surface area contributed by atoms with Crippen LogP contribution in [-0.2, 0) is 24.3 Å². The molecule has 1 aliphatic heterocycles. The van der Waals surface area contributed by atoms with Crippen LogP contribution in [0.1, 0.15) is 23.8 Å². The first kappa shape index (κ1) is 15.6. The highest BCUT2D eigenvalue weighted by Crippen LogP contribution is 2.19. The fraction of sp³-hybridized carbons (Fsp3) is 0.316. The molecule has 0 unspecified atom stereocenters. The normalized spacial score (nSPS) is 13.7. The van der Waals surface area contributed by atoms with Crippen LogP contribution < -0.4 is 0 Å². The largest absolute Gasteiger partial charge is 0.358 e. The molecular formula is C19H21N5O. The van der Waals surface area contributed by atoms with Crippen LogP contribution >= 0.6 is 0 Å². The third-order valence-corrected chi connectivity index (χ3v) is 4.73. The average molecular weight is 335 g/mol. The zero-order valence-corrected chi connectivity index (χ0v) is 14.3. The Morgan fingerprint density at radius 2 is 1.96 bits per heavy atom. The molecule has 0 atom stereocenters. The van der Waals surface area contributed by atoms with E-state index in [1.165, 1.54) is 0 Å². The number of nitrogens with zero attached hydrogens (tertiary/aromatic N) is 4. The lowest BCUT2D eigenvalue weighted by atomic mass is 10.2. The molecule has 0 fully saturated rings. The third-order valence-electron chi connectivity index (χ3n) is 4.73. The fourth-order valence-corrected chi connectivity index (χ4v) is 3.29. The van der Waals surface area contributed by atoms with Crippen LogP contribution in [-0.4, -0.2) is 37.1 Å². The van der Waals surface area contributed by atoms with Crippen molar-refractivity contribution in [2.75, 3.05) is 6.54 Å². The number of H-pyrrole nitrogens is 1. The van der Waals surface area contributed by atoms with Crippen molar-refractivity contribution in [2.45, 2.75) is 32.9 Å². The number of amides is 1. The standard InChI is InChI=1S/C19H21N5O/c1-14-21-22-18-13-23(11-12-24(14)18)19(25)10-8-16-7-9-17(20-16)15-5-3-2-4-6-15/h2-7,9,20H,8,10-13H2,1H3. The molecule has 128 valence electrons. The Morgan fingerprint density at radius 3 is 2.80 bits per heavy atom. The van der Waals surface area contributed by atoms with Crippen LogP contribution in [0.4, 0.5) is 0 Å². The van der Waals surface area contributed by atoms with Crippen LogP contribution in [0.3, 0.4) is 0 Å². The molecule has 6 nitrogen and oxygen atoms in total. The van der Waals surface area contributed by atoms with Gasteiger partial charge in [0, 0.05) is 30.9 Å². The highest BCUT2D eigenvalue weighted by molar-refractivity contribution is 5.76. The number of aryl methyl sites for hydroxylation is 2. The summed E-state index contributed by atoms with van der Waals surface area (Å²) in [5.74, 6) is 1.97. The van der Waals surface area contributed by atoms with E-state index >= 15 is 0 Å². The van der Waals surface area contributed by atoms with Crippen LogP contribution in [0, 0.1) is 6.92 Å². The summed E-state index contributed by atoms with van der Waals surface area (Å²) in [6.07, 6.45) is 1.22. The Morgan fingerprint density at radius 1 is 1.12 bits per heavy atom. The lowest BCUT2D eigenvalue weighted by molar-refractivity contribution is -0.132. The molecule has 6 heteroatoms. The molecule has 3 aromatic rings. The minimum atomic E-state index is 0.169. The van der Waals surface area contributed by atoms with Gasteiger partial charge >= 0.3 is 0 Å². The quantitative estimate of drug-likeness (QED) is 0.797. The van der Waals surface area contributed by atoms with E-state index in [9.17, 15) is 4.79 Å². The number of aromatic nitrogens is 4. The fourth-order valence-electron chi connectivity index (χ4n) is 3.29. The molecule has 0 saturated heterocycles. The van der Waals surface area contributed by atoms with Crippen molar-refractivity contribution in [3.05, 3.63) is 59.8 Å². The Kier molecular flexibility index (Phi) is 4.09. The summed E-state index contributed by atoms with van der Waals surface area (Å²) in [5, 5.41) is 8.24. The number of hydrogen-bond donors (Lipinski definition) is 1. The maximum Gasteiger partial charge on any atom is 0.223 e. The van der Waals surface area contributed by atoms with E-state index in [-0.39, 0.29) is 5.91 Å². The summed E-state index contributed by atoms with van der Waals surface area (Å²) < 4.78 is 2.08. The first-order valence-corrected chi connectivity index (χ1v) is 8.60. The molecule has 1 amide bonds. The minimum absolute atomic E-state index is 0.169. The van der Waals surface area contributed by atoms with Gasteiger partial charge in [0.25, 0.3) is 0 Å². The number of aromatic amines is 1. The van der Waals surface area contributed by atoms with Gasteiger partial charge in [-0.2, -0.15) is 0 Å². The van der Waals surface area contributed by atoms with Gasteiger partial charge in [-0.1, -0.05) is 30.3 Å². The number of fused-ring (bicyclic) bond motifs is 1. The van der Waals surface area contributed by atoms with Crippen molar-refractivity contribution < 1.29 is 4.79 Å². The minimum Gasteiger partial charge on any atom is -0.358 e. The Hall–Kier alpha value is -2.89. The second-order valence-corrected chi connectivity index (χ2v) is 6.39. The summed E-state index contributed by atoms with van der Waals surface area (Å²) >= 11 is 0.